The van der Waals surface area contributed by atoms with Crippen LogP contribution in [0.5, 0.6) is 0 Å². The van der Waals surface area contributed by atoms with Crippen molar-refractivity contribution in [3.63, 3.8) is 0 Å². The Morgan fingerprint density at radius 2 is 2.27 bits per heavy atom. The van der Waals surface area contributed by atoms with Crippen molar-refractivity contribution in [2.45, 2.75) is 13.5 Å². The van der Waals surface area contributed by atoms with Crippen LogP contribution in [-0.4, -0.2) is 18.3 Å². The van der Waals surface area contributed by atoms with Gasteiger partial charge in [0, 0.05) is 24.2 Å². The standard InChI is InChI=1S/C11H15BrFNO/c1-8(7-15)5-14-6-9-2-3-10(13)4-11(9)12/h2-4,8,14-15H,5-7H2,1H3. The van der Waals surface area contributed by atoms with Gasteiger partial charge in [-0.05, 0) is 23.6 Å². The third-order valence-corrected chi connectivity index (χ3v) is 2.87. The van der Waals surface area contributed by atoms with Crippen LogP contribution in [0.1, 0.15) is 12.5 Å². The lowest BCUT2D eigenvalue weighted by molar-refractivity contribution is 0.233. The van der Waals surface area contributed by atoms with Gasteiger partial charge >= 0.3 is 0 Å². The van der Waals surface area contributed by atoms with Crippen LogP contribution < -0.4 is 5.32 Å². The predicted octanol–water partition coefficient (Wildman–Crippen LogP) is 2.31. The third kappa shape index (κ3) is 4.28. The molecule has 0 radical (unpaired) electrons. The van der Waals surface area contributed by atoms with Crippen molar-refractivity contribution in [2.75, 3.05) is 13.2 Å². The second-order valence-corrected chi connectivity index (χ2v) is 4.51. The van der Waals surface area contributed by atoms with Crippen LogP contribution >= 0.6 is 15.9 Å². The summed E-state index contributed by atoms with van der Waals surface area (Å²) in [4.78, 5) is 0. The number of rotatable bonds is 5. The lowest BCUT2D eigenvalue weighted by Crippen LogP contribution is -2.22. The Morgan fingerprint density at radius 1 is 1.53 bits per heavy atom. The summed E-state index contributed by atoms with van der Waals surface area (Å²) >= 11 is 3.30. The normalized spacial score (nSPS) is 12.8. The minimum atomic E-state index is -0.241. The summed E-state index contributed by atoms with van der Waals surface area (Å²) in [6.45, 7) is 3.57. The lowest BCUT2D eigenvalue weighted by Gasteiger charge is -2.10. The summed E-state index contributed by atoms with van der Waals surface area (Å²) in [6.07, 6.45) is 0. The number of hydrogen-bond acceptors (Lipinski definition) is 2. The van der Waals surface area contributed by atoms with Crippen molar-refractivity contribution in [2.24, 2.45) is 5.92 Å². The molecule has 15 heavy (non-hydrogen) atoms. The molecule has 0 amide bonds. The van der Waals surface area contributed by atoms with Gasteiger partial charge in [-0.15, -0.1) is 0 Å². The van der Waals surface area contributed by atoms with Gasteiger partial charge in [-0.2, -0.15) is 0 Å². The number of benzene rings is 1. The molecular formula is C11H15BrFNO. The fraction of sp³-hybridized carbons (Fsp3) is 0.455. The average molecular weight is 276 g/mol. The molecule has 2 nitrogen and oxygen atoms in total. The highest BCUT2D eigenvalue weighted by molar-refractivity contribution is 9.10. The monoisotopic (exact) mass is 275 g/mol. The Hall–Kier alpha value is -0.450. The van der Waals surface area contributed by atoms with E-state index < -0.39 is 0 Å². The van der Waals surface area contributed by atoms with E-state index in [4.69, 9.17) is 5.11 Å². The zero-order valence-electron chi connectivity index (χ0n) is 8.63. The van der Waals surface area contributed by atoms with Crippen LogP contribution in [0.4, 0.5) is 4.39 Å². The molecule has 0 saturated heterocycles. The molecule has 0 heterocycles. The summed E-state index contributed by atoms with van der Waals surface area (Å²) in [6, 6.07) is 4.64. The molecule has 1 aromatic carbocycles. The second kappa shape index (κ2) is 6.20. The highest BCUT2D eigenvalue weighted by Gasteiger charge is 2.02. The topological polar surface area (TPSA) is 32.3 Å². The van der Waals surface area contributed by atoms with Crippen LogP contribution in [0.2, 0.25) is 0 Å². The molecule has 0 aliphatic carbocycles. The first-order valence-corrected chi connectivity index (χ1v) is 5.68. The number of aliphatic hydroxyl groups excluding tert-OH is 1. The summed E-state index contributed by atoms with van der Waals surface area (Å²) in [5, 5.41) is 12.0. The molecule has 0 aliphatic heterocycles. The quantitative estimate of drug-likeness (QED) is 0.865. The number of hydrogen-bond donors (Lipinski definition) is 2. The molecule has 0 bridgehead atoms. The fourth-order valence-corrected chi connectivity index (χ4v) is 1.67. The number of nitrogens with one attached hydrogen (secondary N) is 1. The summed E-state index contributed by atoms with van der Waals surface area (Å²) in [7, 11) is 0. The molecule has 1 unspecified atom stereocenters. The maximum Gasteiger partial charge on any atom is 0.124 e. The Bertz CT molecular complexity index is 319. The van der Waals surface area contributed by atoms with Gasteiger partial charge in [-0.1, -0.05) is 28.9 Å². The second-order valence-electron chi connectivity index (χ2n) is 3.65. The van der Waals surface area contributed by atoms with Crippen LogP contribution in [0.15, 0.2) is 22.7 Å². The molecule has 0 fully saturated rings. The Morgan fingerprint density at radius 3 is 2.87 bits per heavy atom. The summed E-state index contributed by atoms with van der Waals surface area (Å²) < 4.78 is 13.5. The third-order valence-electron chi connectivity index (χ3n) is 2.14. The van der Waals surface area contributed by atoms with E-state index in [9.17, 15) is 4.39 Å². The van der Waals surface area contributed by atoms with Crippen molar-refractivity contribution in [3.8, 4) is 0 Å². The fourth-order valence-electron chi connectivity index (χ4n) is 1.18. The van der Waals surface area contributed by atoms with Crippen LogP contribution in [-0.2, 0) is 6.54 Å². The van der Waals surface area contributed by atoms with E-state index in [0.717, 1.165) is 16.6 Å². The average Bonchev–Trinajstić information content (AvgIpc) is 2.21. The molecular weight excluding hydrogens is 261 g/mol. The molecule has 0 aromatic heterocycles. The maximum absolute atomic E-state index is 12.8. The van der Waals surface area contributed by atoms with Crippen molar-refractivity contribution >= 4 is 15.9 Å². The van der Waals surface area contributed by atoms with Crippen molar-refractivity contribution in [3.05, 3.63) is 34.1 Å². The van der Waals surface area contributed by atoms with Gasteiger partial charge in [0.05, 0.1) is 0 Å². The van der Waals surface area contributed by atoms with E-state index in [1.807, 2.05) is 6.92 Å². The van der Waals surface area contributed by atoms with Crippen molar-refractivity contribution in [1.82, 2.24) is 5.32 Å². The molecule has 2 N–H and O–H groups in total. The Kier molecular flexibility index (Phi) is 5.22. The predicted molar refractivity (Wildman–Crippen MR) is 62.1 cm³/mol. The smallest absolute Gasteiger partial charge is 0.124 e. The van der Waals surface area contributed by atoms with E-state index in [-0.39, 0.29) is 18.3 Å². The first-order valence-electron chi connectivity index (χ1n) is 4.89. The molecule has 0 spiro atoms. The van der Waals surface area contributed by atoms with Gasteiger partial charge in [0.1, 0.15) is 5.82 Å². The van der Waals surface area contributed by atoms with Crippen LogP contribution in [0.3, 0.4) is 0 Å². The zero-order chi connectivity index (χ0) is 11.3. The van der Waals surface area contributed by atoms with Crippen LogP contribution in [0.25, 0.3) is 0 Å². The lowest BCUT2D eigenvalue weighted by atomic mass is 10.2. The molecule has 1 rings (SSSR count). The Balaban J connectivity index is 2.44. The number of aliphatic hydroxyl groups is 1. The van der Waals surface area contributed by atoms with E-state index in [1.54, 1.807) is 6.07 Å². The van der Waals surface area contributed by atoms with E-state index >= 15 is 0 Å². The summed E-state index contributed by atoms with van der Waals surface area (Å²) in [5.41, 5.74) is 1.02. The molecule has 0 aliphatic rings. The van der Waals surface area contributed by atoms with Gasteiger partial charge in [-0.25, -0.2) is 4.39 Å². The van der Waals surface area contributed by atoms with Gasteiger partial charge in [-0.3, -0.25) is 0 Å². The van der Waals surface area contributed by atoms with Crippen molar-refractivity contribution < 1.29 is 9.50 Å². The highest BCUT2D eigenvalue weighted by Crippen LogP contribution is 2.17. The Labute approximate surface area is 97.6 Å². The largest absolute Gasteiger partial charge is 0.396 e. The highest BCUT2D eigenvalue weighted by atomic mass is 79.9. The minimum Gasteiger partial charge on any atom is -0.396 e. The van der Waals surface area contributed by atoms with Gasteiger partial charge < -0.3 is 10.4 Å². The zero-order valence-corrected chi connectivity index (χ0v) is 10.2. The SMILES string of the molecule is CC(CO)CNCc1ccc(F)cc1Br. The minimum absolute atomic E-state index is 0.178. The van der Waals surface area contributed by atoms with Gasteiger partial charge in [0.25, 0.3) is 0 Å². The van der Waals surface area contributed by atoms with E-state index in [2.05, 4.69) is 21.2 Å². The molecule has 4 heteroatoms. The van der Waals surface area contributed by atoms with E-state index in [0.29, 0.717) is 6.54 Å². The van der Waals surface area contributed by atoms with Crippen molar-refractivity contribution in [1.29, 1.82) is 0 Å². The van der Waals surface area contributed by atoms with Gasteiger partial charge in [0.2, 0.25) is 0 Å². The summed E-state index contributed by atoms with van der Waals surface area (Å²) in [5.74, 6) is -0.00132. The molecule has 1 aromatic rings. The maximum atomic E-state index is 12.8. The van der Waals surface area contributed by atoms with Gasteiger partial charge in [0.15, 0.2) is 0 Å². The first kappa shape index (κ1) is 12.6. The van der Waals surface area contributed by atoms with Crippen LogP contribution in [0, 0.1) is 11.7 Å². The van der Waals surface area contributed by atoms with E-state index in [1.165, 1.54) is 12.1 Å². The number of halogens is 2. The molecule has 84 valence electrons. The first-order chi connectivity index (χ1) is 7.13. The molecule has 1 atom stereocenters. The molecule has 0 saturated carbocycles.